The molecule has 1 rings (SSSR count). The number of phenols is 2. The predicted molar refractivity (Wildman–Crippen MR) is 167 cm³/mol. The first-order valence-corrected chi connectivity index (χ1v) is 16.9. The number of aromatic hydroxyl groups is 2. The van der Waals surface area contributed by atoms with Crippen molar-refractivity contribution in [3.05, 3.63) is 22.3 Å². The van der Waals surface area contributed by atoms with Gasteiger partial charge in [-0.15, -0.1) is 0 Å². The number of hydrogen-bond donors (Lipinski definition) is 2. The van der Waals surface area contributed by atoms with Gasteiger partial charge in [0.25, 0.3) is 0 Å². The third-order valence-electron chi connectivity index (χ3n) is 8.04. The summed E-state index contributed by atoms with van der Waals surface area (Å²) < 4.78 is 0. The van der Waals surface area contributed by atoms with Crippen LogP contribution in [0.3, 0.4) is 0 Å². The van der Waals surface area contributed by atoms with Crippen molar-refractivity contribution in [2.75, 3.05) is 6.61 Å². The number of carbonyl (C=O) groups excluding carboxylic acids is 1. The van der Waals surface area contributed by atoms with Gasteiger partial charge in [0, 0.05) is 5.56 Å². The molecule has 1 aromatic rings. The van der Waals surface area contributed by atoms with Gasteiger partial charge in [-0.2, -0.15) is 4.89 Å². The van der Waals surface area contributed by atoms with E-state index < -0.39 is 5.97 Å². The number of unbranched alkanes of at least 4 members (excludes halogenated alkanes) is 16. The highest BCUT2D eigenvalue weighted by Gasteiger charge is 2.28. The van der Waals surface area contributed by atoms with Crippen molar-refractivity contribution in [2.45, 2.75) is 175 Å². The van der Waals surface area contributed by atoms with E-state index in [-0.39, 0.29) is 17.1 Å². The predicted octanol–water partition coefficient (Wildman–Crippen LogP) is 10.7. The number of benzene rings is 1. The Bertz CT molecular complexity index is 789. The zero-order valence-corrected chi connectivity index (χ0v) is 26.6. The summed E-state index contributed by atoms with van der Waals surface area (Å²) in [5.41, 5.74) is 2.87. The van der Waals surface area contributed by atoms with E-state index in [0.29, 0.717) is 13.0 Å². The van der Waals surface area contributed by atoms with Crippen molar-refractivity contribution in [1.29, 1.82) is 0 Å². The Morgan fingerprint density at radius 3 is 1.38 bits per heavy atom. The molecule has 0 aliphatic rings. The third kappa shape index (κ3) is 14.2. The minimum Gasteiger partial charge on any atom is -0.504 e. The molecular formula is C35H62O5. The van der Waals surface area contributed by atoms with Gasteiger partial charge in [0.1, 0.15) is 5.56 Å². The van der Waals surface area contributed by atoms with Gasteiger partial charge >= 0.3 is 5.97 Å². The second-order valence-electron chi connectivity index (χ2n) is 11.6. The SMILES string of the molecule is CCCCCCCCc1c(O)c(O)c(C(=O)OOCCCC)c(CCCCCCCC)c1CCCCCCCC. The van der Waals surface area contributed by atoms with E-state index in [0.717, 1.165) is 80.9 Å². The quantitative estimate of drug-likeness (QED) is 0.0508. The Morgan fingerprint density at radius 1 is 0.500 bits per heavy atom. The van der Waals surface area contributed by atoms with Crippen LogP contribution in [-0.2, 0) is 29.0 Å². The van der Waals surface area contributed by atoms with Gasteiger partial charge in [0.15, 0.2) is 11.5 Å². The van der Waals surface area contributed by atoms with Crippen LogP contribution in [0.2, 0.25) is 0 Å². The summed E-state index contributed by atoms with van der Waals surface area (Å²) in [6.07, 6.45) is 25.0. The number of phenolic OH excluding ortho intramolecular Hbond substituents is 2. The number of rotatable bonds is 26. The molecule has 5 nitrogen and oxygen atoms in total. The summed E-state index contributed by atoms with van der Waals surface area (Å²) in [5.74, 6) is -1.17. The second-order valence-corrected chi connectivity index (χ2v) is 11.6. The third-order valence-corrected chi connectivity index (χ3v) is 8.04. The molecule has 0 aliphatic heterocycles. The Labute approximate surface area is 246 Å². The van der Waals surface area contributed by atoms with Crippen molar-refractivity contribution < 1.29 is 24.8 Å². The van der Waals surface area contributed by atoms with Gasteiger partial charge in [0.2, 0.25) is 0 Å². The maximum absolute atomic E-state index is 13.2. The average Bonchev–Trinajstić information content (AvgIpc) is 2.95. The minimum absolute atomic E-state index is 0.107. The summed E-state index contributed by atoms with van der Waals surface area (Å²) in [7, 11) is 0. The molecule has 0 unspecified atom stereocenters. The van der Waals surface area contributed by atoms with E-state index in [1.807, 2.05) is 6.92 Å². The van der Waals surface area contributed by atoms with Crippen molar-refractivity contribution in [3.63, 3.8) is 0 Å². The lowest BCUT2D eigenvalue weighted by Crippen LogP contribution is -2.14. The average molecular weight is 563 g/mol. The molecule has 0 saturated heterocycles. The highest BCUT2D eigenvalue weighted by molar-refractivity contribution is 5.95. The molecule has 1 aromatic carbocycles. The highest BCUT2D eigenvalue weighted by Crippen LogP contribution is 2.41. The van der Waals surface area contributed by atoms with E-state index in [4.69, 9.17) is 9.78 Å². The smallest absolute Gasteiger partial charge is 0.377 e. The summed E-state index contributed by atoms with van der Waals surface area (Å²) in [6, 6.07) is 0. The van der Waals surface area contributed by atoms with E-state index in [9.17, 15) is 15.0 Å². The standard InChI is InChI=1S/C35H62O5/c1-5-9-13-16-19-22-25-29-30(26-23-20-17-14-10-6-2)32(35(38)40-39-28-12-8-4)34(37)33(36)31(29)27-24-21-18-15-11-7-3/h36-37H,5-28H2,1-4H3. The summed E-state index contributed by atoms with van der Waals surface area (Å²) in [4.78, 5) is 23.6. The van der Waals surface area contributed by atoms with Crippen LogP contribution in [0.5, 0.6) is 11.5 Å². The molecule has 0 aliphatic carbocycles. The molecule has 40 heavy (non-hydrogen) atoms. The summed E-state index contributed by atoms with van der Waals surface area (Å²) >= 11 is 0. The highest BCUT2D eigenvalue weighted by atomic mass is 17.2. The lowest BCUT2D eigenvalue weighted by Gasteiger charge is -2.21. The lowest BCUT2D eigenvalue weighted by atomic mass is 9.85. The van der Waals surface area contributed by atoms with Crippen LogP contribution < -0.4 is 0 Å². The van der Waals surface area contributed by atoms with Crippen LogP contribution in [0.15, 0.2) is 0 Å². The second kappa shape index (κ2) is 23.9. The molecule has 0 spiro atoms. The van der Waals surface area contributed by atoms with Crippen LogP contribution in [0.1, 0.15) is 183 Å². The first-order chi connectivity index (χ1) is 19.5. The molecule has 232 valence electrons. The Balaban J connectivity index is 3.27. The Morgan fingerprint density at radius 2 is 0.900 bits per heavy atom. The molecule has 5 heteroatoms. The van der Waals surface area contributed by atoms with Crippen molar-refractivity contribution in [2.24, 2.45) is 0 Å². The molecule has 0 saturated carbocycles. The maximum Gasteiger partial charge on any atom is 0.377 e. The maximum atomic E-state index is 13.2. The fourth-order valence-corrected chi connectivity index (χ4v) is 5.53. The first kappa shape index (κ1) is 36.3. The topological polar surface area (TPSA) is 76.0 Å². The van der Waals surface area contributed by atoms with Crippen LogP contribution in [0.4, 0.5) is 0 Å². The normalized spacial score (nSPS) is 11.3. The number of carbonyl (C=O) groups is 1. The zero-order valence-electron chi connectivity index (χ0n) is 26.6. The van der Waals surface area contributed by atoms with E-state index in [1.165, 1.54) is 77.0 Å². The molecule has 0 heterocycles. The van der Waals surface area contributed by atoms with Gasteiger partial charge in [0.05, 0.1) is 6.61 Å². The van der Waals surface area contributed by atoms with Crippen molar-refractivity contribution in [3.8, 4) is 11.5 Å². The molecule has 0 amide bonds. The summed E-state index contributed by atoms with van der Waals surface area (Å²) in [5, 5.41) is 22.4. The minimum atomic E-state index is -0.694. The van der Waals surface area contributed by atoms with Gasteiger partial charge in [-0.05, 0) is 56.1 Å². The van der Waals surface area contributed by atoms with E-state index in [2.05, 4.69) is 20.8 Å². The Hall–Kier alpha value is -1.75. The lowest BCUT2D eigenvalue weighted by molar-refractivity contribution is -0.241. The van der Waals surface area contributed by atoms with Crippen LogP contribution >= 0.6 is 0 Å². The largest absolute Gasteiger partial charge is 0.504 e. The van der Waals surface area contributed by atoms with Crippen molar-refractivity contribution >= 4 is 5.97 Å². The van der Waals surface area contributed by atoms with Crippen LogP contribution in [0, 0.1) is 0 Å². The van der Waals surface area contributed by atoms with Crippen molar-refractivity contribution in [1.82, 2.24) is 0 Å². The first-order valence-electron chi connectivity index (χ1n) is 16.9. The molecular weight excluding hydrogens is 500 g/mol. The molecule has 0 atom stereocenters. The van der Waals surface area contributed by atoms with E-state index in [1.54, 1.807) is 0 Å². The molecule has 0 aromatic heterocycles. The van der Waals surface area contributed by atoms with Gasteiger partial charge < -0.3 is 10.2 Å². The number of hydrogen-bond acceptors (Lipinski definition) is 5. The van der Waals surface area contributed by atoms with Gasteiger partial charge in [-0.3, -0.25) is 4.89 Å². The molecule has 0 radical (unpaired) electrons. The summed E-state index contributed by atoms with van der Waals surface area (Å²) in [6.45, 7) is 9.05. The molecule has 0 bridgehead atoms. The Kier molecular flexibility index (Phi) is 21.7. The molecule has 2 N–H and O–H groups in total. The van der Waals surface area contributed by atoms with Gasteiger partial charge in [-0.25, -0.2) is 4.79 Å². The fourth-order valence-electron chi connectivity index (χ4n) is 5.53. The fraction of sp³-hybridized carbons (Fsp3) is 0.800. The van der Waals surface area contributed by atoms with E-state index >= 15 is 0 Å². The monoisotopic (exact) mass is 562 g/mol. The van der Waals surface area contributed by atoms with Crippen LogP contribution in [-0.4, -0.2) is 22.8 Å². The molecule has 0 fully saturated rings. The zero-order chi connectivity index (χ0) is 29.4. The van der Waals surface area contributed by atoms with Crippen LogP contribution in [0.25, 0.3) is 0 Å². The van der Waals surface area contributed by atoms with Gasteiger partial charge in [-0.1, -0.05) is 130 Å².